The van der Waals surface area contributed by atoms with E-state index in [0.717, 1.165) is 36.3 Å². The topological polar surface area (TPSA) is 52.0 Å². The Bertz CT molecular complexity index is 1100. The van der Waals surface area contributed by atoms with Crippen molar-refractivity contribution in [2.75, 3.05) is 0 Å². The first kappa shape index (κ1) is 19.0. The molecule has 0 radical (unpaired) electrons. The van der Waals surface area contributed by atoms with Gasteiger partial charge in [-0.3, -0.25) is 4.79 Å². The number of nitrogens with zero attached hydrogens (tertiary/aromatic N) is 2. The number of aromatic nitrogens is 2. The maximum absolute atomic E-state index is 12.9. The molecule has 2 aliphatic carbocycles. The third-order valence-electron chi connectivity index (χ3n) is 7.32. The number of benzene rings is 2. The van der Waals surface area contributed by atoms with Gasteiger partial charge in [-0.25, -0.2) is 4.98 Å². The summed E-state index contributed by atoms with van der Waals surface area (Å²) in [5.74, 6) is 0.447. The Morgan fingerprint density at radius 3 is 2.40 bits per heavy atom. The third kappa shape index (κ3) is 2.56. The van der Waals surface area contributed by atoms with Crippen molar-refractivity contribution in [3.63, 3.8) is 0 Å². The van der Waals surface area contributed by atoms with E-state index >= 15 is 0 Å². The SMILES string of the molecule is Cc1nc2c(n1-c1ccccc1)CC[C@H]1[C@H](C)C(=O)C(C=O)C[C@]21c1ccccc1. The first-order valence-corrected chi connectivity index (χ1v) is 10.8. The average molecular weight is 399 g/mol. The van der Waals surface area contributed by atoms with Gasteiger partial charge in [0, 0.05) is 22.7 Å². The lowest BCUT2D eigenvalue weighted by Gasteiger charge is -2.51. The van der Waals surface area contributed by atoms with Crippen LogP contribution in [0.25, 0.3) is 5.69 Å². The molecule has 1 fully saturated rings. The highest BCUT2D eigenvalue weighted by Crippen LogP contribution is 2.56. The molecule has 1 saturated carbocycles. The molecule has 4 heteroatoms. The van der Waals surface area contributed by atoms with Crippen LogP contribution in [0.15, 0.2) is 60.7 Å². The van der Waals surface area contributed by atoms with Gasteiger partial charge in [0.15, 0.2) is 0 Å². The van der Waals surface area contributed by atoms with Gasteiger partial charge in [-0.15, -0.1) is 0 Å². The predicted molar refractivity (Wildman–Crippen MR) is 116 cm³/mol. The van der Waals surface area contributed by atoms with Crippen molar-refractivity contribution in [3.8, 4) is 5.69 Å². The van der Waals surface area contributed by atoms with E-state index < -0.39 is 11.3 Å². The van der Waals surface area contributed by atoms with Gasteiger partial charge in [0.1, 0.15) is 17.9 Å². The maximum atomic E-state index is 12.9. The van der Waals surface area contributed by atoms with E-state index in [4.69, 9.17) is 4.98 Å². The Morgan fingerprint density at radius 1 is 1.07 bits per heavy atom. The number of carbonyl (C=O) groups is 2. The molecule has 0 amide bonds. The number of para-hydroxylation sites is 1. The minimum Gasteiger partial charge on any atom is -0.303 e. The third-order valence-corrected chi connectivity index (χ3v) is 7.32. The summed E-state index contributed by atoms with van der Waals surface area (Å²) in [5.41, 5.74) is 4.12. The summed E-state index contributed by atoms with van der Waals surface area (Å²) in [6, 6.07) is 20.7. The van der Waals surface area contributed by atoms with Crippen LogP contribution in [0.4, 0.5) is 0 Å². The van der Waals surface area contributed by atoms with Crippen LogP contribution in [0.5, 0.6) is 0 Å². The van der Waals surface area contributed by atoms with Gasteiger partial charge >= 0.3 is 0 Å². The molecule has 0 aliphatic heterocycles. The van der Waals surface area contributed by atoms with E-state index in [1.807, 2.05) is 50.2 Å². The standard InChI is InChI=1S/C26H26N2O2/c1-17-22-13-14-23-25(27-18(2)28(23)21-11-7-4-8-12-21)26(22,15-19(16-29)24(17)30)20-9-5-3-6-10-20/h3-12,16-17,19,22H,13-15H2,1-2H3/t17-,19?,22-,26+/m0/s1. The molecule has 0 bridgehead atoms. The summed E-state index contributed by atoms with van der Waals surface area (Å²) in [5, 5.41) is 0. The van der Waals surface area contributed by atoms with Crippen LogP contribution in [0.2, 0.25) is 0 Å². The largest absolute Gasteiger partial charge is 0.303 e. The normalized spacial score (nSPS) is 27.9. The monoisotopic (exact) mass is 398 g/mol. The van der Waals surface area contributed by atoms with Gasteiger partial charge in [-0.1, -0.05) is 55.5 Å². The smallest absolute Gasteiger partial charge is 0.146 e. The zero-order valence-corrected chi connectivity index (χ0v) is 17.4. The Labute approximate surface area is 177 Å². The van der Waals surface area contributed by atoms with Crippen LogP contribution in [0, 0.1) is 24.7 Å². The van der Waals surface area contributed by atoms with Gasteiger partial charge in [0.2, 0.25) is 0 Å². The number of aryl methyl sites for hydroxylation is 1. The van der Waals surface area contributed by atoms with Gasteiger partial charge in [-0.05, 0) is 49.8 Å². The summed E-state index contributed by atoms with van der Waals surface area (Å²) in [6.45, 7) is 4.06. The number of ketones is 1. The lowest BCUT2D eigenvalue weighted by atomic mass is 9.51. The fourth-order valence-electron chi connectivity index (χ4n) is 6.03. The second kappa shape index (κ2) is 7.05. The number of carbonyl (C=O) groups excluding carboxylic acids is 2. The number of hydrogen-bond acceptors (Lipinski definition) is 3. The molecule has 4 atom stereocenters. The molecule has 5 rings (SSSR count). The molecule has 0 saturated heterocycles. The highest BCUT2D eigenvalue weighted by Gasteiger charge is 2.56. The molecule has 3 aromatic rings. The Hall–Kier alpha value is -3.01. The number of aldehydes is 1. The van der Waals surface area contributed by atoms with Crippen molar-refractivity contribution >= 4 is 12.1 Å². The van der Waals surface area contributed by atoms with E-state index in [1.54, 1.807) is 0 Å². The number of Topliss-reactive ketones (excluding diaryl/α,β-unsaturated/α-hetero) is 1. The first-order valence-electron chi connectivity index (χ1n) is 10.8. The number of rotatable bonds is 3. The molecule has 2 aliphatic rings. The van der Waals surface area contributed by atoms with Crippen LogP contribution >= 0.6 is 0 Å². The Morgan fingerprint density at radius 2 is 1.73 bits per heavy atom. The van der Waals surface area contributed by atoms with Gasteiger partial charge in [-0.2, -0.15) is 0 Å². The van der Waals surface area contributed by atoms with E-state index in [9.17, 15) is 9.59 Å². The van der Waals surface area contributed by atoms with E-state index in [1.165, 1.54) is 11.3 Å². The van der Waals surface area contributed by atoms with Crippen molar-refractivity contribution in [1.29, 1.82) is 0 Å². The molecule has 2 aromatic carbocycles. The van der Waals surface area contributed by atoms with Crippen molar-refractivity contribution in [2.45, 2.75) is 38.5 Å². The zero-order chi connectivity index (χ0) is 20.9. The van der Waals surface area contributed by atoms with Crippen molar-refractivity contribution in [1.82, 2.24) is 9.55 Å². The van der Waals surface area contributed by atoms with E-state index in [-0.39, 0.29) is 17.6 Å². The predicted octanol–water partition coefficient (Wildman–Crippen LogP) is 4.45. The fraction of sp³-hybridized carbons (Fsp3) is 0.346. The lowest BCUT2D eigenvalue weighted by molar-refractivity contribution is -0.137. The van der Waals surface area contributed by atoms with Crippen LogP contribution in [-0.2, 0) is 21.4 Å². The number of hydrogen-bond donors (Lipinski definition) is 0. The molecular weight excluding hydrogens is 372 g/mol. The van der Waals surface area contributed by atoms with Crippen molar-refractivity contribution < 1.29 is 9.59 Å². The summed E-state index contributed by atoms with van der Waals surface area (Å²) in [4.78, 5) is 30.0. The van der Waals surface area contributed by atoms with Crippen molar-refractivity contribution in [3.05, 3.63) is 83.4 Å². The Kier molecular flexibility index (Phi) is 4.46. The molecular formula is C26H26N2O2. The molecule has 1 unspecified atom stereocenters. The average Bonchev–Trinajstić information content (AvgIpc) is 3.13. The highest BCUT2D eigenvalue weighted by molar-refractivity contribution is 5.96. The minimum absolute atomic E-state index is 0.0872. The van der Waals surface area contributed by atoms with Crippen LogP contribution in [-0.4, -0.2) is 21.6 Å². The summed E-state index contributed by atoms with van der Waals surface area (Å²) in [6.07, 6.45) is 3.16. The molecule has 30 heavy (non-hydrogen) atoms. The number of fused-ring (bicyclic) bond motifs is 3. The van der Waals surface area contributed by atoms with E-state index in [2.05, 4.69) is 28.8 Å². The van der Waals surface area contributed by atoms with Crippen LogP contribution in [0.3, 0.4) is 0 Å². The maximum Gasteiger partial charge on any atom is 0.146 e. The van der Waals surface area contributed by atoms with Crippen LogP contribution in [0.1, 0.15) is 42.5 Å². The zero-order valence-electron chi connectivity index (χ0n) is 17.4. The summed E-state index contributed by atoms with van der Waals surface area (Å²) < 4.78 is 2.26. The minimum atomic E-state index is -0.579. The summed E-state index contributed by atoms with van der Waals surface area (Å²) >= 11 is 0. The Balaban J connectivity index is 1.79. The molecule has 4 nitrogen and oxygen atoms in total. The lowest BCUT2D eigenvalue weighted by Crippen LogP contribution is -2.53. The fourth-order valence-corrected chi connectivity index (χ4v) is 6.03. The van der Waals surface area contributed by atoms with Gasteiger partial charge < -0.3 is 9.36 Å². The van der Waals surface area contributed by atoms with Gasteiger partial charge in [0.05, 0.1) is 11.6 Å². The van der Waals surface area contributed by atoms with E-state index in [0.29, 0.717) is 6.42 Å². The molecule has 0 spiro atoms. The second-order valence-corrected chi connectivity index (χ2v) is 8.75. The molecule has 152 valence electrons. The first-order chi connectivity index (χ1) is 14.6. The molecule has 0 N–H and O–H groups in total. The van der Waals surface area contributed by atoms with Crippen LogP contribution < -0.4 is 0 Å². The van der Waals surface area contributed by atoms with Crippen molar-refractivity contribution in [2.24, 2.45) is 17.8 Å². The summed E-state index contributed by atoms with van der Waals surface area (Å²) in [7, 11) is 0. The number of imidazole rings is 1. The highest BCUT2D eigenvalue weighted by atomic mass is 16.1. The second-order valence-electron chi connectivity index (χ2n) is 8.75. The van der Waals surface area contributed by atoms with Gasteiger partial charge in [0.25, 0.3) is 0 Å². The molecule has 1 aromatic heterocycles. The molecule has 1 heterocycles. The quantitative estimate of drug-likeness (QED) is 0.484.